The number of hydrogen-bond acceptors (Lipinski definition) is 6. The van der Waals surface area contributed by atoms with Gasteiger partial charge in [-0.2, -0.15) is 5.26 Å². The lowest BCUT2D eigenvalue weighted by atomic mass is 9.95. The van der Waals surface area contributed by atoms with Crippen molar-refractivity contribution in [2.45, 2.75) is 62.5 Å². The zero-order valence-electron chi connectivity index (χ0n) is 15.8. The van der Waals surface area contributed by atoms with Crippen LogP contribution in [0, 0.1) is 11.3 Å². The Balaban J connectivity index is 1.91. The molecule has 2 rings (SSSR count). The lowest BCUT2D eigenvalue weighted by Crippen LogP contribution is -2.42. The van der Waals surface area contributed by atoms with Gasteiger partial charge in [0, 0.05) is 19.0 Å². The molecule has 0 radical (unpaired) electrons. The van der Waals surface area contributed by atoms with Crippen molar-refractivity contribution in [1.29, 1.82) is 5.26 Å². The van der Waals surface area contributed by atoms with Crippen LogP contribution in [-0.2, 0) is 19.6 Å². The first-order valence-corrected chi connectivity index (χ1v) is 10.8. The van der Waals surface area contributed by atoms with Crippen molar-refractivity contribution in [2.24, 2.45) is 0 Å². The van der Waals surface area contributed by atoms with Crippen LogP contribution >= 0.6 is 0 Å². The largest absolute Gasteiger partial charge is 0.449 e. The number of nitrogens with zero attached hydrogens (tertiary/aromatic N) is 1. The maximum Gasteiger partial charge on any atom is 0.338 e. The monoisotopic (exact) mass is 407 g/mol. The molecule has 152 valence electrons. The van der Waals surface area contributed by atoms with Crippen LogP contribution in [0.15, 0.2) is 29.2 Å². The van der Waals surface area contributed by atoms with Crippen LogP contribution in [0.2, 0.25) is 0 Å². The molecule has 2 N–H and O–H groups in total. The summed E-state index contributed by atoms with van der Waals surface area (Å²) in [6.07, 6.45) is 4.33. The molecule has 1 saturated carbocycles. The second-order valence-electron chi connectivity index (χ2n) is 6.72. The van der Waals surface area contributed by atoms with Gasteiger partial charge in [-0.25, -0.2) is 17.9 Å². The molecule has 1 aromatic rings. The average molecular weight is 407 g/mol. The van der Waals surface area contributed by atoms with Gasteiger partial charge >= 0.3 is 5.97 Å². The van der Waals surface area contributed by atoms with E-state index >= 15 is 0 Å². The number of nitrogens with one attached hydrogen (secondary N) is 2. The molecule has 0 heterocycles. The number of amides is 1. The Kier molecular flexibility index (Phi) is 7.96. The summed E-state index contributed by atoms with van der Waals surface area (Å²) in [5.74, 6) is -1.03. The number of benzene rings is 1. The van der Waals surface area contributed by atoms with Gasteiger partial charge in [0.25, 0.3) is 5.91 Å². The molecular weight excluding hydrogens is 382 g/mol. The van der Waals surface area contributed by atoms with E-state index in [1.165, 1.54) is 37.6 Å². The highest BCUT2D eigenvalue weighted by molar-refractivity contribution is 7.89. The highest BCUT2D eigenvalue weighted by Gasteiger charge is 2.23. The Morgan fingerprint density at radius 2 is 1.86 bits per heavy atom. The average Bonchev–Trinajstić information content (AvgIpc) is 2.69. The number of hydrogen-bond donors (Lipinski definition) is 2. The predicted molar refractivity (Wildman–Crippen MR) is 102 cm³/mol. The molecule has 1 aromatic carbocycles. The molecule has 1 fully saturated rings. The van der Waals surface area contributed by atoms with Crippen LogP contribution in [0.4, 0.5) is 0 Å². The van der Waals surface area contributed by atoms with Crippen LogP contribution in [0.5, 0.6) is 0 Å². The van der Waals surface area contributed by atoms with Crippen LogP contribution in [0.3, 0.4) is 0 Å². The maximum absolute atomic E-state index is 12.2. The quantitative estimate of drug-likeness (QED) is 0.501. The number of carbonyl (C=O) groups excluding carboxylic acids is 2. The Morgan fingerprint density at radius 3 is 2.46 bits per heavy atom. The highest BCUT2D eigenvalue weighted by atomic mass is 32.2. The summed E-state index contributed by atoms with van der Waals surface area (Å²) in [7, 11) is -3.75. The topological polar surface area (TPSA) is 125 Å². The van der Waals surface area contributed by atoms with Crippen molar-refractivity contribution >= 4 is 21.9 Å². The molecule has 1 aliphatic carbocycles. The van der Waals surface area contributed by atoms with Gasteiger partial charge in [0.05, 0.1) is 16.5 Å². The van der Waals surface area contributed by atoms with E-state index in [0.717, 1.165) is 25.7 Å². The van der Waals surface area contributed by atoms with Gasteiger partial charge in [-0.15, -0.1) is 0 Å². The number of sulfonamides is 1. The van der Waals surface area contributed by atoms with E-state index in [4.69, 9.17) is 10.00 Å². The first kappa shape index (κ1) is 21.9. The molecule has 8 nitrogen and oxygen atoms in total. The number of rotatable bonds is 8. The minimum absolute atomic E-state index is 0.0102. The van der Waals surface area contributed by atoms with E-state index in [-0.39, 0.29) is 35.4 Å². The molecule has 0 aliphatic heterocycles. The summed E-state index contributed by atoms with van der Waals surface area (Å²) in [5.41, 5.74) is 0.147. The normalized spacial score (nSPS) is 16.0. The van der Waals surface area contributed by atoms with Gasteiger partial charge in [0.2, 0.25) is 10.0 Å². The Labute approximate surface area is 165 Å². The molecule has 9 heteroatoms. The van der Waals surface area contributed by atoms with Crippen molar-refractivity contribution in [3.63, 3.8) is 0 Å². The Bertz CT molecular complexity index is 824. The van der Waals surface area contributed by atoms with Crippen molar-refractivity contribution in [1.82, 2.24) is 10.0 Å². The second-order valence-corrected chi connectivity index (χ2v) is 8.49. The fraction of sp³-hybridized carbons (Fsp3) is 0.526. The summed E-state index contributed by atoms with van der Waals surface area (Å²) in [4.78, 5) is 24.4. The first-order valence-electron chi connectivity index (χ1n) is 9.31. The Morgan fingerprint density at radius 1 is 1.21 bits per heavy atom. The van der Waals surface area contributed by atoms with Gasteiger partial charge in [-0.05, 0) is 44.0 Å². The third kappa shape index (κ3) is 6.32. The molecule has 1 atom stereocenters. The third-order valence-electron chi connectivity index (χ3n) is 4.53. The standard InChI is InChI=1S/C19H25N3O5S/c1-14(18(23)22-16-6-3-2-4-7-16)27-19(24)15-8-10-17(11-9-15)28(25,26)21-13-5-12-20/h8-11,14,16,21H,2-7,13H2,1H3,(H,22,23)/t14-/m0/s1. The first-order chi connectivity index (χ1) is 13.3. The lowest BCUT2D eigenvalue weighted by Gasteiger charge is -2.24. The molecule has 0 bridgehead atoms. The van der Waals surface area contributed by atoms with Gasteiger partial charge in [0.1, 0.15) is 0 Å². The van der Waals surface area contributed by atoms with E-state index < -0.39 is 22.1 Å². The van der Waals surface area contributed by atoms with E-state index in [9.17, 15) is 18.0 Å². The Hall–Kier alpha value is -2.44. The van der Waals surface area contributed by atoms with E-state index in [2.05, 4.69) is 10.0 Å². The summed E-state index contributed by atoms with van der Waals surface area (Å²) in [6, 6.07) is 7.18. The molecule has 0 aromatic heterocycles. The van der Waals surface area contributed by atoms with Crippen molar-refractivity contribution in [2.75, 3.05) is 6.54 Å². The van der Waals surface area contributed by atoms with Crippen LogP contribution < -0.4 is 10.0 Å². The van der Waals surface area contributed by atoms with Crippen molar-refractivity contribution in [3.8, 4) is 6.07 Å². The van der Waals surface area contributed by atoms with Crippen LogP contribution in [0.25, 0.3) is 0 Å². The minimum Gasteiger partial charge on any atom is -0.449 e. The fourth-order valence-corrected chi connectivity index (χ4v) is 3.97. The van der Waals surface area contributed by atoms with Crippen LogP contribution in [-0.4, -0.2) is 39.0 Å². The summed E-state index contributed by atoms with van der Waals surface area (Å²) in [6.45, 7) is 1.52. The van der Waals surface area contributed by atoms with Crippen molar-refractivity contribution < 1.29 is 22.7 Å². The van der Waals surface area contributed by atoms with Gasteiger partial charge in [0.15, 0.2) is 6.10 Å². The molecule has 28 heavy (non-hydrogen) atoms. The van der Waals surface area contributed by atoms with Gasteiger partial charge in [-0.1, -0.05) is 19.3 Å². The molecule has 0 saturated heterocycles. The zero-order chi connectivity index (χ0) is 20.6. The second kappa shape index (κ2) is 10.2. The summed E-state index contributed by atoms with van der Waals surface area (Å²) >= 11 is 0. The van der Waals surface area contributed by atoms with E-state index in [1.54, 1.807) is 0 Å². The highest BCUT2D eigenvalue weighted by Crippen LogP contribution is 2.18. The number of nitriles is 1. The molecule has 0 spiro atoms. The van der Waals surface area contributed by atoms with Crippen molar-refractivity contribution in [3.05, 3.63) is 29.8 Å². The van der Waals surface area contributed by atoms with Gasteiger partial charge in [-0.3, -0.25) is 4.79 Å². The molecular formula is C19H25N3O5S. The third-order valence-corrected chi connectivity index (χ3v) is 6.01. The molecule has 1 amide bonds. The lowest BCUT2D eigenvalue weighted by molar-refractivity contribution is -0.130. The summed E-state index contributed by atoms with van der Waals surface area (Å²) in [5, 5.41) is 11.4. The fourth-order valence-electron chi connectivity index (χ4n) is 2.94. The van der Waals surface area contributed by atoms with Gasteiger partial charge < -0.3 is 10.1 Å². The summed E-state index contributed by atoms with van der Waals surface area (Å²) < 4.78 is 31.6. The predicted octanol–water partition coefficient (Wildman–Crippen LogP) is 1.87. The maximum atomic E-state index is 12.2. The van der Waals surface area contributed by atoms with E-state index in [0.29, 0.717) is 0 Å². The number of carbonyl (C=O) groups is 2. The minimum atomic E-state index is -3.75. The van der Waals surface area contributed by atoms with E-state index in [1.807, 2.05) is 6.07 Å². The number of esters is 1. The smallest absolute Gasteiger partial charge is 0.338 e. The SMILES string of the molecule is C[C@H](OC(=O)c1ccc(S(=O)(=O)NCCC#N)cc1)C(=O)NC1CCCCC1. The molecule has 1 aliphatic rings. The van der Waals surface area contributed by atoms with Crippen LogP contribution in [0.1, 0.15) is 55.8 Å². The number of ether oxygens (including phenoxy) is 1. The molecule has 0 unspecified atom stereocenters. The zero-order valence-corrected chi connectivity index (χ0v) is 16.6.